The number of ketones is 4. The van der Waals surface area contributed by atoms with Crippen molar-refractivity contribution < 1.29 is 19.2 Å². The standard InChI is InChI=1S/C11H20N8O2.C10H18N8O2/c12-8(13)6(9(14)15)4(20)2-1-3-5(21)7(10(16)17)11(18)19;11-7(12)5(8(13)14)3(19)1-2-4(20)6(9(15)16)10(17)18/h6-7H,1-3H2,(H3,12,13)(H3,14,15)(H3,16,17)(H3,18,19);5-6H,1-2H2,(H3,11,12)(H3,13,14)(H3,15,16)(H3,17,18). The van der Waals surface area contributed by atoms with Crippen LogP contribution in [0.25, 0.3) is 0 Å². The summed E-state index contributed by atoms with van der Waals surface area (Å²) in [6.45, 7) is 0. The summed E-state index contributed by atoms with van der Waals surface area (Å²) in [5, 5.41) is 57.4. The molecule has 0 unspecified atom stereocenters. The largest absolute Gasteiger partial charge is 0.387 e. The van der Waals surface area contributed by atoms with Crippen LogP contribution in [-0.2, 0) is 19.2 Å². The van der Waals surface area contributed by atoms with Gasteiger partial charge in [0, 0.05) is 25.7 Å². The molecule has 0 atom stereocenters. The first-order valence-corrected chi connectivity index (χ1v) is 11.5. The van der Waals surface area contributed by atoms with Gasteiger partial charge in [-0.2, -0.15) is 0 Å². The Bertz CT molecular complexity index is 1020. The minimum atomic E-state index is -1.36. The number of carbonyl (C=O) groups is 4. The molecule has 0 aliphatic heterocycles. The molecule has 0 amide bonds. The van der Waals surface area contributed by atoms with Gasteiger partial charge in [0.25, 0.3) is 0 Å². The first-order valence-electron chi connectivity index (χ1n) is 11.5. The maximum atomic E-state index is 11.8. The second-order valence-electron chi connectivity index (χ2n) is 8.59. The van der Waals surface area contributed by atoms with Gasteiger partial charge in [0.05, 0.1) is 0 Å². The highest BCUT2D eigenvalue weighted by atomic mass is 16.1. The van der Waals surface area contributed by atoms with Crippen molar-refractivity contribution in [1.82, 2.24) is 0 Å². The van der Waals surface area contributed by atoms with E-state index in [1.807, 2.05) is 0 Å². The smallest absolute Gasteiger partial charge is 0.151 e. The van der Waals surface area contributed by atoms with Crippen molar-refractivity contribution in [3.63, 3.8) is 0 Å². The molecule has 226 valence electrons. The average Bonchev–Trinajstić information content (AvgIpc) is 2.76. The van der Waals surface area contributed by atoms with Crippen molar-refractivity contribution in [3.05, 3.63) is 0 Å². The topological polar surface area (TPSA) is 467 Å². The highest BCUT2D eigenvalue weighted by Crippen LogP contribution is 2.11. The molecule has 0 aliphatic rings. The molecule has 0 aromatic heterocycles. The summed E-state index contributed by atoms with van der Waals surface area (Å²) in [6.07, 6.45) is -0.790. The van der Waals surface area contributed by atoms with E-state index in [0.29, 0.717) is 0 Å². The summed E-state index contributed by atoms with van der Waals surface area (Å²) in [5.41, 5.74) is 41.3. The Labute approximate surface area is 234 Å². The van der Waals surface area contributed by atoms with Crippen molar-refractivity contribution in [2.75, 3.05) is 0 Å². The summed E-state index contributed by atoms with van der Waals surface area (Å²) < 4.78 is 0. The highest BCUT2D eigenvalue weighted by molar-refractivity contribution is 6.22. The first-order chi connectivity index (χ1) is 18.7. The minimum absolute atomic E-state index is 0.103. The Morgan fingerprint density at radius 1 is 0.341 bits per heavy atom. The first kappa shape index (κ1) is 37.6. The zero-order valence-corrected chi connectivity index (χ0v) is 22.1. The second kappa shape index (κ2) is 17.1. The predicted octanol–water partition coefficient (Wildman–Crippen LogP) is -3.85. The molecular formula is C21H38N16O4. The van der Waals surface area contributed by atoms with Crippen LogP contribution in [0.1, 0.15) is 32.1 Å². The lowest BCUT2D eigenvalue weighted by Crippen LogP contribution is -2.42. The summed E-state index contributed by atoms with van der Waals surface area (Å²) in [5.74, 6) is -12.1. The monoisotopic (exact) mass is 578 g/mol. The third-order valence-corrected chi connectivity index (χ3v) is 5.24. The Morgan fingerprint density at radius 2 is 0.488 bits per heavy atom. The molecule has 0 heterocycles. The van der Waals surface area contributed by atoms with Gasteiger partial charge in [-0.1, -0.05) is 0 Å². The normalized spacial score (nSPS) is 13.0. The second-order valence-corrected chi connectivity index (χ2v) is 8.59. The van der Waals surface area contributed by atoms with E-state index in [4.69, 9.17) is 89.1 Å². The molecule has 41 heavy (non-hydrogen) atoms. The van der Waals surface area contributed by atoms with Crippen LogP contribution in [-0.4, -0.2) is 69.8 Å². The molecule has 20 heteroatoms. The van der Waals surface area contributed by atoms with Crippen molar-refractivity contribution in [2.24, 2.45) is 69.5 Å². The molecule has 0 fully saturated rings. The van der Waals surface area contributed by atoms with Gasteiger partial charge in [0.1, 0.15) is 70.4 Å². The lowest BCUT2D eigenvalue weighted by atomic mass is 9.93. The molecule has 0 rings (SSSR count). The fourth-order valence-corrected chi connectivity index (χ4v) is 3.32. The Morgan fingerprint density at radius 3 is 0.634 bits per heavy atom. The lowest BCUT2D eigenvalue weighted by molar-refractivity contribution is -0.124. The van der Waals surface area contributed by atoms with E-state index in [9.17, 15) is 19.2 Å². The van der Waals surface area contributed by atoms with Crippen LogP contribution in [0, 0.1) is 66.9 Å². The summed E-state index contributed by atoms with van der Waals surface area (Å²) in [4.78, 5) is 47.0. The van der Waals surface area contributed by atoms with Crippen LogP contribution in [0.3, 0.4) is 0 Å². The molecule has 0 saturated heterocycles. The molecule has 0 bridgehead atoms. The van der Waals surface area contributed by atoms with E-state index in [-0.39, 0.29) is 32.1 Å². The maximum Gasteiger partial charge on any atom is 0.151 e. The molecule has 0 spiro atoms. The van der Waals surface area contributed by atoms with Gasteiger partial charge in [-0.15, -0.1) is 0 Å². The lowest BCUT2D eigenvalue weighted by Gasteiger charge is -2.14. The zero-order chi connectivity index (χ0) is 32.8. The Balaban J connectivity index is 0. The SMILES string of the molecule is N=C(N)C(C(=N)N)C(=O)CCC(=O)C(C(=N)N)C(=N)N.N=C(N)C(C(=N)N)C(=O)CCCC(=O)C(C(=N)N)C(=N)N. The van der Waals surface area contributed by atoms with Gasteiger partial charge in [-0.05, 0) is 6.42 Å². The molecule has 24 N–H and O–H groups in total. The van der Waals surface area contributed by atoms with Crippen LogP contribution < -0.4 is 45.9 Å². The number of amidine groups is 8. The molecule has 0 radical (unpaired) electrons. The number of rotatable bonds is 19. The van der Waals surface area contributed by atoms with Gasteiger partial charge < -0.3 is 45.9 Å². The van der Waals surface area contributed by atoms with E-state index in [2.05, 4.69) is 0 Å². The van der Waals surface area contributed by atoms with Gasteiger partial charge in [0.15, 0.2) is 23.1 Å². The number of carbonyl (C=O) groups excluding carboxylic acids is 4. The number of nitrogens with one attached hydrogen (secondary N) is 8. The number of Topliss-reactive ketones (excluding diaryl/α,β-unsaturated/α-hetero) is 4. The van der Waals surface area contributed by atoms with Crippen LogP contribution in [0.5, 0.6) is 0 Å². The predicted molar refractivity (Wildman–Crippen MR) is 152 cm³/mol. The van der Waals surface area contributed by atoms with E-state index >= 15 is 0 Å². The average molecular weight is 579 g/mol. The fraction of sp³-hybridized carbons (Fsp3) is 0.429. The van der Waals surface area contributed by atoms with Gasteiger partial charge in [0.2, 0.25) is 0 Å². The fourth-order valence-electron chi connectivity index (χ4n) is 3.32. The molecule has 0 aromatic carbocycles. The molecule has 20 nitrogen and oxygen atoms in total. The molecule has 0 aliphatic carbocycles. The zero-order valence-electron chi connectivity index (χ0n) is 22.1. The molecular weight excluding hydrogens is 540 g/mol. The quantitative estimate of drug-likeness (QED) is 0.0517. The number of hydrogen-bond donors (Lipinski definition) is 16. The third kappa shape index (κ3) is 12.7. The van der Waals surface area contributed by atoms with E-state index in [1.54, 1.807) is 0 Å². The van der Waals surface area contributed by atoms with Crippen molar-refractivity contribution >= 4 is 69.8 Å². The molecule has 0 aromatic rings. The third-order valence-electron chi connectivity index (χ3n) is 5.24. The maximum absolute atomic E-state index is 11.8. The number of nitrogens with two attached hydrogens (primary N) is 8. The van der Waals surface area contributed by atoms with Crippen molar-refractivity contribution in [1.29, 1.82) is 43.3 Å². The number of hydrogen-bond acceptors (Lipinski definition) is 12. The Hall–Kier alpha value is -5.56. The highest BCUT2D eigenvalue weighted by Gasteiger charge is 2.29. The van der Waals surface area contributed by atoms with Gasteiger partial charge in [-0.3, -0.25) is 62.5 Å². The van der Waals surface area contributed by atoms with E-state index in [0.717, 1.165) is 0 Å². The summed E-state index contributed by atoms with van der Waals surface area (Å²) in [6, 6.07) is 0. The summed E-state index contributed by atoms with van der Waals surface area (Å²) in [7, 11) is 0. The van der Waals surface area contributed by atoms with Crippen LogP contribution >= 0.6 is 0 Å². The van der Waals surface area contributed by atoms with Crippen LogP contribution in [0.15, 0.2) is 0 Å². The summed E-state index contributed by atoms with van der Waals surface area (Å²) >= 11 is 0. The van der Waals surface area contributed by atoms with Gasteiger partial charge >= 0.3 is 0 Å². The Kier molecular flexibility index (Phi) is 15.7. The van der Waals surface area contributed by atoms with Gasteiger partial charge in [-0.25, -0.2) is 0 Å². The van der Waals surface area contributed by atoms with E-state index in [1.165, 1.54) is 0 Å². The molecule has 0 saturated carbocycles. The van der Waals surface area contributed by atoms with E-state index < -0.39 is 93.5 Å². The minimum Gasteiger partial charge on any atom is -0.387 e. The van der Waals surface area contributed by atoms with Crippen molar-refractivity contribution in [3.8, 4) is 0 Å². The van der Waals surface area contributed by atoms with Crippen LogP contribution in [0.2, 0.25) is 0 Å². The van der Waals surface area contributed by atoms with Crippen LogP contribution in [0.4, 0.5) is 0 Å². The van der Waals surface area contributed by atoms with Crippen molar-refractivity contribution in [2.45, 2.75) is 32.1 Å².